The first-order chi connectivity index (χ1) is 14.2. The molecule has 2 aliphatic rings. The second-order valence-corrected chi connectivity index (χ2v) is 7.27. The van der Waals surface area contributed by atoms with Gasteiger partial charge in [0.05, 0.1) is 19.8 Å². The van der Waals surface area contributed by atoms with Gasteiger partial charge in [-0.2, -0.15) is 0 Å². The van der Waals surface area contributed by atoms with Crippen molar-refractivity contribution in [1.29, 1.82) is 0 Å². The highest BCUT2D eigenvalue weighted by molar-refractivity contribution is 6.10. The van der Waals surface area contributed by atoms with Gasteiger partial charge in [-0.05, 0) is 39.3 Å². The summed E-state index contributed by atoms with van der Waals surface area (Å²) in [6.45, 7) is 10.0. The molecule has 1 aliphatic heterocycles. The highest BCUT2D eigenvalue weighted by Crippen LogP contribution is 2.42. The number of carbonyl (C=O) groups is 4. The maximum atomic E-state index is 12.8. The van der Waals surface area contributed by atoms with Gasteiger partial charge < -0.3 is 23.7 Å². The Hall–Kier alpha value is -2.52. The zero-order valence-electron chi connectivity index (χ0n) is 17.7. The van der Waals surface area contributed by atoms with Crippen molar-refractivity contribution >= 4 is 23.7 Å². The standard InChI is InChI=1S/C21H28O9/c1-6-9-28-18(23)16-13(22)10-12(14-11-29-21(4,5)30-14)15(16)17(19(24)26-7-2)20(25)27-8-3/h6,10,14-17H,1,7-9,11H2,2-5H3/t14-,15+,16+/m1/s1. The lowest BCUT2D eigenvalue weighted by atomic mass is 9.78. The second kappa shape index (κ2) is 9.99. The quantitative estimate of drug-likeness (QED) is 0.234. The molecule has 9 nitrogen and oxygen atoms in total. The zero-order chi connectivity index (χ0) is 22.5. The lowest BCUT2D eigenvalue weighted by Crippen LogP contribution is -2.43. The molecule has 0 amide bonds. The topological polar surface area (TPSA) is 114 Å². The van der Waals surface area contributed by atoms with Gasteiger partial charge in [-0.1, -0.05) is 12.7 Å². The van der Waals surface area contributed by atoms with Crippen molar-refractivity contribution in [2.24, 2.45) is 17.8 Å². The summed E-state index contributed by atoms with van der Waals surface area (Å²) in [7, 11) is 0. The van der Waals surface area contributed by atoms with E-state index in [9.17, 15) is 19.2 Å². The fraction of sp³-hybridized carbons (Fsp3) is 0.619. The highest BCUT2D eigenvalue weighted by atomic mass is 16.7. The minimum atomic E-state index is -1.53. The van der Waals surface area contributed by atoms with E-state index in [0.29, 0.717) is 5.57 Å². The molecule has 0 saturated carbocycles. The van der Waals surface area contributed by atoms with Crippen molar-refractivity contribution in [3.8, 4) is 0 Å². The van der Waals surface area contributed by atoms with Crippen LogP contribution in [0.15, 0.2) is 24.3 Å². The molecular weight excluding hydrogens is 396 g/mol. The first-order valence-electron chi connectivity index (χ1n) is 9.84. The number of hydrogen-bond donors (Lipinski definition) is 0. The third-order valence-corrected chi connectivity index (χ3v) is 4.78. The van der Waals surface area contributed by atoms with E-state index in [1.165, 1.54) is 12.2 Å². The number of esters is 3. The average Bonchev–Trinajstić information content (AvgIpc) is 3.19. The van der Waals surface area contributed by atoms with Gasteiger partial charge in [0.2, 0.25) is 0 Å². The maximum Gasteiger partial charge on any atom is 0.320 e. The first-order valence-corrected chi connectivity index (χ1v) is 9.84. The normalized spacial score (nSPS) is 25.0. The van der Waals surface area contributed by atoms with Crippen molar-refractivity contribution in [2.75, 3.05) is 26.4 Å². The van der Waals surface area contributed by atoms with Gasteiger partial charge in [0.15, 0.2) is 17.5 Å². The average molecular weight is 424 g/mol. The van der Waals surface area contributed by atoms with E-state index in [0.717, 1.165) is 0 Å². The second-order valence-electron chi connectivity index (χ2n) is 7.27. The molecule has 1 saturated heterocycles. The van der Waals surface area contributed by atoms with Crippen LogP contribution in [0.1, 0.15) is 27.7 Å². The van der Waals surface area contributed by atoms with Gasteiger partial charge in [0.25, 0.3) is 0 Å². The van der Waals surface area contributed by atoms with Gasteiger partial charge >= 0.3 is 17.9 Å². The van der Waals surface area contributed by atoms with Gasteiger partial charge in [-0.25, -0.2) is 0 Å². The van der Waals surface area contributed by atoms with E-state index >= 15 is 0 Å². The van der Waals surface area contributed by atoms with E-state index in [1.54, 1.807) is 27.7 Å². The van der Waals surface area contributed by atoms with E-state index in [1.807, 2.05) is 0 Å². The summed E-state index contributed by atoms with van der Waals surface area (Å²) in [5, 5.41) is 0. The molecule has 1 heterocycles. The molecule has 3 atom stereocenters. The molecule has 166 valence electrons. The summed E-state index contributed by atoms with van der Waals surface area (Å²) in [5.74, 6) is -8.27. The lowest BCUT2D eigenvalue weighted by Gasteiger charge is -2.28. The number of rotatable bonds is 9. The smallest absolute Gasteiger partial charge is 0.320 e. The van der Waals surface area contributed by atoms with Gasteiger partial charge in [-0.15, -0.1) is 0 Å². The molecule has 0 spiro atoms. The van der Waals surface area contributed by atoms with Crippen LogP contribution in [0.4, 0.5) is 0 Å². The fourth-order valence-corrected chi connectivity index (χ4v) is 3.61. The summed E-state index contributed by atoms with van der Waals surface area (Å²) >= 11 is 0. The van der Waals surface area contributed by atoms with Gasteiger partial charge in [0, 0.05) is 5.92 Å². The summed E-state index contributed by atoms with van der Waals surface area (Å²) in [6.07, 6.45) is 1.86. The Morgan fingerprint density at radius 3 is 2.27 bits per heavy atom. The monoisotopic (exact) mass is 424 g/mol. The summed E-state index contributed by atoms with van der Waals surface area (Å²) in [5.41, 5.74) is 0.303. The van der Waals surface area contributed by atoms with E-state index < -0.39 is 53.3 Å². The van der Waals surface area contributed by atoms with Crippen LogP contribution in [0.2, 0.25) is 0 Å². The Balaban J connectivity index is 2.49. The van der Waals surface area contributed by atoms with Crippen molar-refractivity contribution in [3.63, 3.8) is 0 Å². The van der Waals surface area contributed by atoms with Crippen LogP contribution in [0, 0.1) is 17.8 Å². The number of allylic oxidation sites excluding steroid dienone is 1. The van der Waals surface area contributed by atoms with Crippen LogP contribution in [-0.4, -0.2) is 62.0 Å². The van der Waals surface area contributed by atoms with E-state index in [-0.39, 0.29) is 26.4 Å². The SMILES string of the molecule is C=CCOC(=O)[C@H]1C(=O)C=C([C@H]2COC(C)(C)O2)[C@@H]1C(C(=O)OCC)C(=O)OCC. The molecule has 0 unspecified atom stereocenters. The van der Waals surface area contributed by atoms with Crippen molar-refractivity contribution in [3.05, 3.63) is 24.3 Å². The maximum absolute atomic E-state index is 12.8. The van der Waals surface area contributed by atoms with Crippen LogP contribution in [0.5, 0.6) is 0 Å². The molecule has 9 heteroatoms. The largest absolute Gasteiger partial charge is 0.465 e. The third-order valence-electron chi connectivity index (χ3n) is 4.78. The van der Waals surface area contributed by atoms with Crippen LogP contribution < -0.4 is 0 Å². The minimum Gasteiger partial charge on any atom is -0.465 e. The van der Waals surface area contributed by atoms with Crippen LogP contribution in [-0.2, 0) is 42.9 Å². The molecule has 0 N–H and O–H groups in total. The molecule has 30 heavy (non-hydrogen) atoms. The molecule has 1 aliphatic carbocycles. The molecule has 2 rings (SSSR count). The number of carbonyl (C=O) groups excluding carboxylic acids is 4. The van der Waals surface area contributed by atoms with Gasteiger partial charge in [-0.3, -0.25) is 19.2 Å². The van der Waals surface area contributed by atoms with Gasteiger partial charge in [0.1, 0.15) is 18.6 Å². The molecular formula is C21H28O9. The number of ketones is 1. The Labute approximate surface area is 175 Å². The predicted octanol–water partition coefficient (Wildman–Crippen LogP) is 1.35. The third kappa shape index (κ3) is 5.14. The van der Waals surface area contributed by atoms with Crippen LogP contribution >= 0.6 is 0 Å². The molecule has 0 radical (unpaired) electrons. The molecule has 0 aromatic carbocycles. The van der Waals surface area contributed by atoms with Crippen LogP contribution in [0.25, 0.3) is 0 Å². The van der Waals surface area contributed by atoms with Crippen molar-refractivity contribution in [2.45, 2.75) is 39.6 Å². The lowest BCUT2D eigenvalue weighted by molar-refractivity contribution is -0.166. The summed E-state index contributed by atoms with van der Waals surface area (Å²) < 4.78 is 26.6. The Morgan fingerprint density at radius 1 is 1.20 bits per heavy atom. The Bertz CT molecular complexity index is 719. The van der Waals surface area contributed by atoms with E-state index in [4.69, 9.17) is 23.7 Å². The Kier molecular flexibility index (Phi) is 7.91. The molecule has 0 bridgehead atoms. The van der Waals surface area contributed by atoms with Crippen LogP contribution in [0.3, 0.4) is 0 Å². The summed E-state index contributed by atoms with van der Waals surface area (Å²) in [6, 6.07) is 0. The predicted molar refractivity (Wildman–Crippen MR) is 103 cm³/mol. The number of ether oxygens (including phenoxy) is 5. The minimum absolute atomic E-state index is 0.0100. The Morgan fingerprint density at radius 2 is 1.80 bits per heavy atom. The van der Waals surface area contributed by atoms with E-state index in [2.05, 4.69) is 6.58 Å². The fourth-order valence-electron chi connectivity index (χ4n) is 3.61. The molecule has 0 aromatic rings. The number of hydrogen-bond acceptors (Lipinski definition) is 9. The highest BCUT2D eigenvalue weighted by Gasteiger charge is 2.55. The molecule has 1 fully saturated rings. The zero-order valence-corrected chi connectivity index (χ0v) is 17.7. The summed E-state index contributed by atoms with van der Waals surface area (Å²) in [4.78, 5) is 50.9. The molecule has 0 aromatic heterocycles. The first kappa shape index (κ1) is 23.8. The van der Waals surface area contributed by atoms with Crippen molar-refractivity contribution < 1.29 is 42.9 Å². The van der Waals surface area contributed by atoms with Crippen molar-refractivity contribution in [1.82, 2.24) is 0 Å².